The minimum atomic E-state index is -2.50. The molecular formula is C21H28O4Si. The summed E-state index contributed by atoms with van der Waals surface area (Å²) in [6, 6.07) is 20.9. The van der Waals surface area contributed by atoms with E-state index in [0.29, 0.717) is 19.6 Å². The quantitative estimate of drug-likeness (QED) is 0.543. The lowest BCUT2D eigenvalue weighted by Crippen LogP contribution is -2.66. The molecule has 0 spiro atoms. The van der Waals surface area contributed by atoms with Crippen molar-refractivity contribution >= 4 is 24.7 Å². The summed E-state index contributed by atoms with van der Waals surface area (Å²) in [5.74, 6) is -0.946. The number of carboxylic acid groups (broad SMARTS) is 1. The van der Waals surface area contributed by atoms with Gasteiger partial charge in [-0.2, -0.15) is 0 Å². The van der Waals surface area contributed by atoms with E-state index in [9.17, 15) is 4.79 Å². The van der Waals surface area contributed by atoms with Crippen LogP contribution in [0.3, 0.4) is 0 Å². The molecule has 0 atom stereocenters. The molecule has 0 unspecified atom stereocenters. The zero-order chi connectivity index (χ0) is 19.0. The lowest BCUT2D eigenvalue weighted by molar-refractivity contribution is -0.142. The lowest BCUT2D eigenvalue weighted by Gasteiger charge is -2.43. The molecule has 2 aromatic rings. The molecule has 0 amide bonds. The van der Waals surface area contributed by atoms with Crippen molar-refractivity contribution in [2.45, 2.75) is 32.2 Å². The number of benzene rings is 2. The summed E-state index contributed by atoms with van der Waals surface area (Å²) in [6.45, 7) is 7.36. The predicted molar refractivity (Wildman–Crippen MR) is 107 cm³/mol. The maximum Gasteiger partial charge on any atom is 0.329 e. The minimum absolute atomic E-state index is 0.0579. The van der Waals surface area contributed by atoms with Crippen molar-refractivity contribution in [3.05, 3.63) is 60.7 Å². The summed E-state index contributed by atoms with van der Waals surface area (Å²) in [5, 5.41) is 11.1. The number of carbonyl (C=O) groups is 1. The largest absolute Gasteiger partial charge is 0.480 e. The molecule has 0 aliphatic carbocycles. The molecule has 0 aromatic heterocycles. The molecular weight excluding hydrogens is 344 g/mol. The molecule has 0 bridgehead atoms. The predicted octanol–water partition coefficient (Wildman–Crippen LogP) is 3.05. The van der Waals surface area contributed by atoms with Gasteiger partial charge in [-0.15, -0.1) is 0 Å². The van der Waals surface area contributed by atoms with Gasteiger partial charge in [-0.3, -0.25) is 0 Å². The molecule has 0 radical (unpaired) electrons. The molecule has 0 heterocycles. The molecule has 4 nitrogen and oxygen atoms in total. The molecule has 0 saturated heterocycles. The van der Waals surface area contributed by atoms with Crippen LogP contribution in [0.2, 0.25) is 5.04 Å². The fraction of sp³-hybridized carbons (Fsp3) is 0.381. The molecule has 0 saturated carbocycles. The molecule has 140 valence electrons. The summed E-state index contributed by atoms with van der Waals surface area (Å²) in [5.41, 5.74) is 0. The van der Waals surface area contributed by atoms with E-state index in [-0.39, 0.29) is 11.6 Å². The summed E-state index contributed by atoms with van der Waals surface area (Å²) in [4.78, 5) is 10.5. The van der Waals surface area contributed by atoms with E-state index in [1.54, 1.807) is 0 Å². The van der Waals surface area contributed by atoms with Crippen molar-refractivity contribution in [1.82, 2.24) is 0 Å². The molecule has 2 rings (SSSR count). The highest BCUT2D eigenvalue weighted by Gasteiger charge is 2.49. The summed E-state index contributed by atoms with van der Waals surface area (Å²) >= 11 is 0. The first-order valence-corrected chi connectivity index (χ1v) is 10.8. The first kappa shape index (κ1) is 20.4. The van der Waals surface area contributed by atoms with Crippen molar-refractivity contribution in [2.24, 2.45) is 0 Å². The van der Waals surface area contributed by atoms with E-state index >= 15 is 0 Å². The Balaban J connectivity index is 2.28. The monoisotopic (exact) mass is 372 g/mol. The van der Waals surface area contributed by atoms with Crippen LogP contribution < -0.4 is 10.4 Å². The fourth-order valence-corrected chi connectivity index (χ4v) is 7.91. The number of ether oxygens (including phenoxy) is 1. The maximum absolute atomic E-state index is 10.5. The standard InChI is InChI=1S/C21H28O4Si/c1-21(2,3)26(18-11-6-4-7-12-18,19-13-8-5-9-14-19)25-16-10-15-24-17-20(22)23/h4-9,11-14H,10,15-17H2,1-3H3,(H,22,23). The third kappa shape index (κ3) is 4.81. The summed E-state index contributed by atoms with van der Waals surface area (Å²) < 4.78 is 11.8. The van der Waals surface area contributed by atoms with Gasteiger partial charge in [0.1, 0.15) is 6.61 Å². The second-order valence-electron chi connectivity index (χ2n) is 7.31. The zero-order valence-electron chi connectivity index (χ0n) is 15.8. The van der Waals surface area contributed by atoms with Gasteiger partial charge >= 0.3 is 5.97 Å². The van der Waals surface area contributed by atoms with Gasteiger partial charge < -0.3 is 14.3 Å². The second kappa shape index (κ2) is 9.12. The molecule has 2 aromatic carbocycles. The fourth-order valence-electron chi connectivity index (χ4n) is 3.31. The van der Waals surface area contributed by atoms with E-state index in [4.69, 9.17) is 14.3 Å². The van der Waals surface area contributed by atoms with Crippen LogP contribution in [0.4, 0.5) is 0 Å². The van der Waals surface area contributed by atoms with Crippen LogP contribution in [0, 0.1) is 0 Å². The number of aliphatic carboxylic acids is 1. The highest BCUT2D eigenvalue weighted by atomic mass is 28.4. The van der Waals surface area contributed by atoms with Gasteiger partial charge in [0.25, 0.3) is 8.32 Å². The average molecular weight is 373 g/mol. The first-order chi connectivity index (χ1) is 12.4. The zero-order valence-corrected chi connectivity index (χ0v) is 16.8. The van der Waals surface area contributed by atoms with E-state index in [1.165, 1.54) is 10.4 Å². The van der Waals surface area contributed by atoms with Crippen LogP contribution in [-0.2, 0) is 14.0 Å². The molecule has 1 N–H and O–H groups in total. The Labute approximate surface area is 156 Å². The van der Waals surface area contributed by atoms with Gasteiger partial charge in [0.05, 0.1) is 0 Å². The van der Waals surface area contributed by atoms with Crippen LogP contribution in [0.15, 0.2) is 60.7 Å². The Bertz CT molecular complexity index is 641. The smallest absolute Gasteiger partial charge is 0.329 e. The average Bonchev–Trinajstić information content (AvgIpc) is 2.61. The summed E-state index contributed by atoms with van der Waals surface area (Å²) in [6.07, 6.45) is 0.664. The second-order valence-corrected chi connectivity index (χ2v) is 11.6. The topological polar surface area (TPSA) is 55.8 Å². The van der Waals surface area contributed by atoms with Crippen molar-refractivity contribution in [3.8, 4) is 0 Å². The molecule has 26 heavy (non-hydrogen) atoms. The van der Waals surface area contributed by atoms with Crippen LogP contribution >= 0.6 is 0 Å². The van der Waals surface area contributed by atoms with Crippen LogP contribution in [-0.4, -0.2) is 39.2 Å². The van der Waals surface area contributed by atoms with Gasteiger partial charge in [-0.25, -0.2) is 4.79 Å². The van der Waals surface area contributed by atoms with E-state index < -0.39 is 14.3 Å². The third-order valence-corrected chi connectivity index (χ3v) is 9.44. The van der Waals surface area contributed by atoms with Gasteiger partial charge in [0.15, 0.2) is 0 Å². The summed E-state index contributed by atoms with van der Waals surface area (Å²) in [7, 11) is -2.50. The van der Waals surface area contributed by atoms with Crippen molar-refractivity contribution in [1.29, 1.82) is 0 Å². The van der Waals surface area contributed by atoms with Crippen molar-refractivity contribution in [3.63, 3.8) is 0 Å². The van der Waals surface area contributed by atoms with Gasteiger partial charge in [-0.1, -0.05) is 81.4 Å². The SMILES string of the molecule is CC(C)(C)[Si](OCCCOCC(=O)O)(c1ccccc1)c1ccccc1. The van der Waals surface area contributed by atoms with Crippen LogP contribution in [0.1, 0.15) is 27.2 Å². The van der Waals surface area contributed by atoms with Crippen molar-refractivity contribution < 1.29 is 19.1 Å². The Hall–Kier alpha value is -1.95. The van der Waals surface area contributed by atoms with Crippen LogP contribution in [0.5, 0.6) is 0 Å². The lowest BCUT2D eigenvalue weighted by atomic mass is 10.2. The number of hydrogen-bond donors (Lipinski definition) is 1. The van der Waals surface area contributed by atoms with Crippen LogP contribution in [0.25, 0.3) is 0 Å². The first-order valence-electron chi connectivity index (χ1n) is 8.92. The van der Waals surface area contributed by atoms with E-state index in [1.807, 2.05) is 12.1 Å². The molecule has 5 heteroatoms. The number of hydrogen-bond acceptors (Lipinski definition) is 3. The van der Waals surface area contributed by atoms with E-state index in [0.717, 1.165) is 0 Å². The Morgan fingerprint density at radius 2 is 1.42 bits per heavy atom. The highest BCUT2D eigenvalue weighted by Crippen LogP contribution is 2.36. The van der Waals surface area contributed by atoms with Gasteiger partial charge in [0.2, 0.25) is 0 Å². The van der Waals surface area contributed by atoms with E-state index in [2.05, 4.69) is 69.3 Å². The Kier molecular flexibility index (Phi) is 7.14. The number of carboxylic acids is 1. The van der Waals surface area contributed by atoms with Gasteiger partial charge in [-0.05, 0) is 21.8 Å². The van der Waals surface area contributed by atoms with Gasteiger partial charge in [0, 0.05) is 13.2 Å². The Morgan fingerprint density at radius 3 is 1.85 bits per heavy atom. The highest BCUT2D eigenvalue weighted by molar-refractivity contribution is 6.99. The Morgan fingerprint density at radius 1 is 0.923 bits per heavy atom. The molecule has 0 fully saturated rings. The minimum Gasteiger partial charge on any atom is -0.480 e. The maximum atomic E-state index is 10.5. The van der Waals surface area contributed by atoms with Crippen molar-refractivity contribution in [2.75, 3.05) is 19.8 Å². The normalized spacial score (nSPS) is 12.1. The third-order valence-electron chi connectivity index (χ3n) is 4.39. The number of rotatable bonds is 9. The molecule has 0 aliphatic heterocycles. The molecule has 0 aliphatic rings.